The van der Waals surface area contributed by atoms with Crippen molar-refractivity contribution in [2.24, 2.45) is 0 Å². The van der Waals surface area contributed by atoms with Gasteiger partial charge < -0.3 is 10.6 Å². The highest BCUT2D eigenvalue weighted by molar-refractivity contribution is 6.02. The molecule has 0 bridgehead atoms. The molecule has 22 heavy (non-hydrogen) atoms. The molecule has 0 saturated heterocycles. The van der Waals surface area contributed by atoms with Crippen molar-refractivity contribution in [3.05, 3.63) is 29.3 Å². The Hall–Kier alpha value is -2.25. The third-order valence-corrected chi connectivity index (χ3v) is 2.47. The molecule has 5 nitrogen and oxygen atoms in total. The summed E-state index contributed by atoms with van der Waals surface area (Å²) in [7, 11) is 0. The van der Waals surface area contributed by atoms with Crippen molar-refractivity contribution in [3.63, 3.8) is 0 Å². The second-order valence-corrected chi connectivity index (χ2v) is 5.88. The number of nitrogens with one attached hydrogen (secondary N) is 4. The number of carbonyl (C=O) groups is 1. The Balaban J connectivity index is 2.83. The van der Waals surface area contributed by atoms with Gasteiger partial charge in [0, 0.05) is 5.54 Å². The summed E-state index contributed by atoms with van der Waals surface area (Å²) in [6.45, 7) is 6.77. The summed E-state index contributed by atoms with van der Waals surface area (Å²) in [6, 6.07) is 3.01. The standard InChI is InChI=1S/C14H19F3N4O/c1-8-5-6-10(9(7-8)14(15,16)17)19-11(18)20-12(22)21-13(2,3)4/h5-7H,1-4H3,(H4,18,19,20,21,22). The molecule has 0 aliphatic heterocycles. The molecule has 0 aromatic heterocycles. The van der Waals surface area contributed by atoms with E-state index in [4.69, 9.17) is 5.41 Å². The van der Waals surface area contributed by atoms with Gasteiger partial charge in [-0.25, -0.2) is 4.79 Å². The molecule has 2 amide bonds. The molecular formula is C14H19F3N4O. The first-order valence-corrected chi connectivity index (χ1v) is 6.51. The Morgan fingerprint density at radius 2 is 1.77 bits per heavy atom. The Morgan fingerprint density at radius 1 is 1.18 bits per heavy atom. The number of rotatable bonds is 1. The highest BCUT2D eigenvalue weighted by atomic mass is 19.4. The molecule has 4 N–H and O–H groups in total. The van der Waals surface area contributed by atoms with Crippen molar-refractivity contribution >= 4 is 17.7 Å². The Bertz CT molecular complexity index is 576. The molecule has 1 aromatic carbocycles. The van der Waals surface area contributed by atoms with Crippen molar-refractivity contribution in [3.8, 4) is 0 Å². The van der Waals surface area contributed by atoms with Crippen LogP contribution >= 0.6 is 0 Å². The zero-order valence-electron chi connectivity index (χ0n) is 12.8. The van der Waals surface area contributed by atoms with Crippen molar-refractivity contribution in [2.75, 3.05) is 5.32 Å². The molecule has 0 fully saturated rings. The minimum absolute atomic E-state index is 0.292. The Morgan fingerprint density at radius 3 is 2.27 bits per heavy atom. The van der Waals surface area contributed by atoms with Gasteiger partial charge >= 0.3 is 12.2 Å². The van der Waals surface area contributed by atoms with Crippen molar-refractivity contribution < 1.29 is 18.0 Å². The molecule has 0 aliphatic rings. The van der Waals surface area contributed by atoms with Gasteiger partial charge in [-0.15, -0.1) is 0 Å². The summed E-state index contributed by atoms with van der Waals surface area (Å²) in [5.74, 6) is -0.545. The quantitative estimate of drug-likeness (QED) is 0.473. The maximum absolute atomic E-state index is 13.0. The summed E-state index contributed by atoms with van der Waals surface area (Å²) in [6.07, 6.45) is -4.55. The van der Waals surface area contributed by atoms with Gasteiger partial charge in [0.15, 0.2) is 0 Å². The Labute approximate surface area is 126 Å². The van der Waals surface area contributed by atoms with Crippen LogP contribution in [0.25, 0.3) is 0 Å². The number of alkyl halides is 3. The lowest BCUT2D eigenvalue weighted by Gasteiger charge is -2.21. The number of urea groups is 1. The second-order valence-electron chi connectivity index (χ2n) is 5.88. The van der Waals surface area contributed by atoms with Crippen LogP contribution in [0.1, 0.15) is 31.9 Å². The van der Waals surface area contributed by atoms with Crippen LogP contribution in [-0.4, -0.2) is 17.5 Å². The van der Waals surface area contributed by atoms with E-state index in [0.29, 0.717) is 5.56 Å². The second kappa shape index (κ2) is 6.25. The van der Waals surface area contributed by atoms with Crippen molar-refractivity contribution in [2.45, 2.75) is 39.4 Å². The van der Waals surface area contributed by atoms with Crippen LogP contribution in [0.3, 0.4) is 0 Å². The zero-order chi connectivity index (χ0) is 17.1. The van der Waals surface area contributed by atoms with Gasteiger partial charge in [-0.05, 0) is 39.8 Å². The van der Waals surface area contributed by atoms with Crippen molar-refractivity contribution in [1.29, 1.82) is 5.41 Å². The van der Waals surface area contributed by atoms with E-state index >= 15 is 0 Å². The van der Waals surface area contributed by atoms with E-state index in [1.165, 1.54) is 12.1 Å². The first-order chi connectivity index (χ1) is 9.88. The topological polar surface area (TPSA) is 77.0 Å². The number of carbonyl (C=O) groups excluding carboxylic acids is 1. The number of benzene rings is 1. The van der Waals surface area contributed by atoms with Crippen LogP contribution in [-0.2, 0) is 6.18 Å². The molecular weight excluding hydrogens is 297 g/mol. The highest BCUT2D eigenvalue weighted by Gasteiger charge is 2.33. The number of hydrogen-bond acceptors (Lipinski definition) is 2. The van der Waals surface area contributed by atoms with Crippen LogP contribution in [0.5, 0.6) is 0 Å². The monoisotopic (exact) mass is 316 g/mol. The first kappa shape index (κ1) is 17.8. The molecule has 0 spiro atoms. The lowest BCUT2D eigenvalue weighted by molar-refractivity contribution is -0.136. The normalized spacial score (nSPS) is 11.8. The van der Waals surface area contributed by atoms with E-state index in [-0.39, 0.29) is 5.69 Å². The third kappa shape index (κ3) is 5.63. The molecule has 0 heterocycles. The van der Waals surface area contributed by atoms with Gasteiger partial charge in [0.1, 0.15) is 0 Å². The number of guanidine groups is 1. The fourth-order valence-electron chi connectivity index (χ4n) is 1.65. The summed E-state index contributed by atoms with van der Waals surface area (Å²) in [5.41, 5.74) is -1.26. The van der Waals surface area contributed by atoms with Crippen LogP contribution in [0, 0.1) is 12.3 Å². The van der Waals surface area contributed by atoms with E-state index in [9.17, 15) is 18.0 Å². The predicted molar refractivity (Wildman–Crippen MR) is 79.0 cm³/mol. The fourth-order valence-corrected chi connectivity index (χ4v) is 1.65. The number of amides is 2. The molecule has 0 saturated carbocycles. The number of anilines is 1. The average molecular weight is 316 g/mol. The smallest absolute Gasteiger partial charge is 0.333 e. The molecule has 0 atom stereocenters. The van der Waals surface area contributed by atoms with Gasteiger partial charge in [0.25, 0.3) is 0 Å². The average Bonchev–Trinajstić information content (AvgIpc) is 2.27. The maximum Gasteiger partial charge on any atom is 0.418 e. The molecule has 1 aromatic rings. The van der Waals surface area contributed by atoms with Gasteiger partial charge in [-0.2, -0.15) is 13.2 Å². The van der Waals surface area contributed by atoms with Gasteiger partial charge in [0.05, 0.1) is 11.3 Å². The SMILES string of the molecule is Cc1ccc(NC(=N)NC(=O)NC(C)(C)C)c(C(F)(F)F)c1. The fraction of sp³-hybridized carbons (Fsp3) is 0.429. The minimum atomic E-state index is -4.55. The van der Waals surface area contributed by atoms with Crippen LogP contribution in [0.4, 0.5) is 23.7 Å². The summed E-state index contributed by atoms with van der Waals surface area (Å²) < 4.78 is 38.9. The largest absolute Gasteiger partial charge is 0.418 e. The predicted octanol–water partition coefficient (Wildman–Crippen LogP) is 3.46. The maximum atomic E-state index is 13.0. The number of halogens is 3. The van der Waals surface area contributed by atoms with Crippen LogP contribution < -0.4 is 16.0 Å². The van der Waals surface area contributed by atoms with Gasteiger partial charge in [-0.3, -0.25) is 10.7 Å². The molecule has 122 valence electrons. The number of hydrogen-bond donors (Lipinski definition) is 4. The zero-order valence-corrected chi connectivity index (χ0v) is 12.8. The van der Waals surface area contributed by atoms with E-state index < -0.39 is 29.3 Å². The highest BCUT2D eigenvalue weighted by Crippen LogP contribution is 2.35. The van der Waals surface area contributed by atoms with Gasteiger partial charge in [-0.1, -0.05) is 11.6 Å². The lowest BCUT2D eigenvalue weighted by Crippen LogP contribution is -2.49. The lowest BCUT2D eigenvalue weighted by atomic mass is 10.1. The Kier molecular flexibility index (Phi) is 5.05. The van der Waals surface area contributed by atoms with Crippen LogP contribution in [0.2, 0.25) is 0 Å². The third-order valence-electron chi connectivity index (χ3n) is 2.47. The van der Waals surface area contributed by atoms with E-state index in [1.54, 1.807) is 27.7 Å². The first-order valence-electron chi connectivity index (χ1n) is 6.51. The molecule has 0 unspecified atom stereocenters. The number of aryl methyl sites for hydroxylation is 1. The van der Waals surface area contributed by atoms with Crippen molar-refractivity contribution in [1.82, 2.24) is 10.6 Å². The van der Waals surface area contributed by atoms with Gasteiger partial charge in [0.2, 0.25) is 5.96 Å². The van der Waals surface area contributed by atoms with E-state index in [0.717, 1.165) is 6.07 Å². The molecule has 1 rings (SSSR count). The van der Waals surface area contributed by atoms with Crippen LogP contribution in [0.15, 0.2) is 18.2 Å². The molecule has 8 heteroatoms. The molecule has 0 radical (unpaired) electrons. The van der Waals surface area contributed by atoms with E-state index in [1.807, 2.05) is 0 Å². The molecule has 0 aliphatic carbocycles. The summed E-state index contributed by atoms with van der Waals surface area (Å²) in [4.78, 5) is 11.6. The summed E-state index contributed by atoms with van der Waals surface area (Å²) in [5, 5.41) is 14.5. The minimum Gasteiger partial charge on any atom is -0.333 e. The van der Waals surface area contributed by atoms with E-state index in [2.05, 4.69) is 16.0 Å². The summed E-state index contributed by atoms with van der Waals surface area (Å²) >= 11 is 0.